The molecular formula is C33H42N2O6. The largest absolute Gasteiger partial charge is 0.497 e. The van der Waals surface area contributed by atoms with E-state index in [-0.39, 0.29) is 12.1 Å². The van der Waals surface area contributed by atoms with E-state index in [9.17, 15) is 4.79 Å². The lowest BCUT2D eigenvalue weighted by Gasteiger charge is -2.40. The van der Waals surface area contributed by atoms with Crippen LogP contribution in [0.4, 0.5) is 10.5 Å². The molecule has 1 fully saturated rings. The molecule has 0 N–H and O–H groups in total. The Labute approximate surface area is 243 Å². The Bertz CT molecular complexity index is 1290. The van der Waals surface area contributed by atoms with Gasteiger partial charge in [-0.15, -0.1) is 0 Å². The molecule has 1 amide bonds. The Morgan fingerprint density at radius 1 is 0.829 bits per heavy atom. The molecule has 4 rings (SSSR count). The first-order valence-electron chi connectivity index (χ1n) is 13.9. The van der Waals surface area contributed by atoms with Gasteiger partial charge in [0, 0.05) is 31.4 Å². The fourth-order valence-corrected chi connectivity index (χ4v) is 5.19. The SMILES string of the molecule is COc1ccc(N(Cc2cccc(-c3cc(OC)c(OC)c(OC)c3)c2)C2CCN(C(=O)OC(C)(C)C)CC2)cc1. The number of benzene rings is 3. The van der Waals surface area contributed by atoms with Gasteiger partial charge in [0.2, 0.25) is 5.75 Å². The number of hydrogen-bond acceptors (Lipinski definition) is 7. The second-order valence-electron chi connectivity index (χ2n) is 11.1. The van der Waals surface area contributed by atoms with E-state index >= 15 is 0 Å². The predicted octanol–water partition coefficient (Wildman–Crippen LogP) is 6.79. The van der Waals surface area contributed by atoms with Crippen molar-refractivity contribution in [3.8, 4) is 34.1 Å². The summed E-state index contributed by atoms with van der Waals surface area (Å²) < 4.78 is 27.7. The molecule has 8 heteroatoms. The summed E-state index contributed by atoms with van der Waals surface area (Å²) in [5.74, 6) is 2.61. The fourth-order valence-electron chi connectivity index (χ4n) is 5.19. The van der Waals surface area contributed by atoms with Crippen LogP contribution >= 0.6 is 0 Å². The number of methoxy groups -OCH3 is 4. The summed E-state index contributed by atoms with van der Waals surface area (Å²) in [6.45, 7) is 7.71. The third-order valence-corrected chi connectivity index (χ3v) is 7.24. The van der Waals surface area contributed by atoms with E-state index in [1.165, 1.54) is 5.56 Å². The monoisotopic (exact) mass is 562 g/mol. The topological polar surface area (TPSA) is 69.7 Å². The van der Waals surface area contributed by atoms with Gasteiger partial charge in [-0.1, -0.05) is 18.2 Å². The molecule has 41 heavy (non-hydrogen) atoms. The third-order valence-electron chi connectivity index (χ3n) is 7.24. The van der Waals surface area contributed by atoms with E-state index < -0.39 is 5.60 Å². The first-order valence-corrected chi connectivity index (χ1v) is 13.9. The van der Waals surface area contributed by atoms with Gasteiger partial charge in [0.05, 0.1) is 28.4 Å². The number of hydrogen-bond donors (Lipinski definition) is 0. The van der Waals surface area contributed by atoms with E-state index in [0.29, 0.717) is 36.9 Å². The van der Waals surface area contributed by atoms with Crippen molar-refractivity contribution in [3.63, 3.8) is 0 Å². The molecule has 3 aromatic carbocycles. The van der Waals surface area contributed by atoms with Crippen molar-refractivity contribution in [2.75, 3.05) is 46.4 Å². The van der Waals surface area contributed by atoms with Crippen LogP contribution in [0.2, 0.25) is 0 Å². The summed E-state index contributed by atoms with van der Waals surface area (Å²) in [6.07, 6.45) is 1.44. The summed E-state index contributed by atoms with van der Waals surface area (Å²) in [5.41, 5.74) is 3.80. The molecule has 0 spiro atoms. The zero-order chi connectivity index (χ0) is 29.6. The van der Waals surface area contributed by atoms with Gasteiger partial charge in [-0.3, -0.25) is 0 Å². The minimum Gasteiger partial charge on any atom is -0.497 e. The normalized spacial score (nSPS) is 13.9. The van der Waals surface area contributed by atoms with Crippen molar-refractivity contribution in [1.29, 1.82) is 0 Å². The number of piperidine rings is 1. The third kappa shape index (κ3) is 7.37. The van der Waals surface area contributed by atoms with E-state index in [4.69, 9.17) is 23.7 Å². The first-order chi connectivity index (χ1) is 19.6. The lowest BCUT2D eigenvalue weighted by Crippen LogP contribution is -2.48. The maximum Gasteiger partial charge on any atom is 0.410 e. The van der Waals surface area contributed by atoms with Crippen molar-refractivity contribution >= 4 is 11.8 Å². The van der Waals surface area contributed by atoms with Gasteiger partial charge < -0.3 is 33.5 Å². The molecule has 1 heterocycles. The Balaban J connectivity index is 1.60. The molecular weight excluding hydrogens is 520 g/mol. The second kappa shape index (κ2) is 13.1. The summed E-state index contributed by atoms with van der Waals surface area (Å²) in [4.78, 5) is 16.9. The quantitative estimate of drug-likeness (QED) is 0.284. The van der Waals surface area contributed by atoms with E-state index in [2.05, 4.69) is 41.3 Å². The molecule has 0 bridgehead atoms. The highest BCUT2D eigenvalue weighted by Gasteiger charge is 2.30. The Kier molecular flexibility index (Phi) is 9.53. The zero-order valence-corrected chi connectivity index (χ0v) is 25.2. The number of nitrogens with zero attached hydrogens (tertiary/aromatic N) is 2. The summed E-state index contributed by atoms with van der Waals surface area (Å²) in [7, 11) is 6.52. The highest BCUT2D eigenvalue weighted by Crippen LogP contribution is 2.41. The molecule has 1 saturated heterocycles. The van der Waals surface area contributed by atoms with Crippen molar-refractivity contribution < 1.29 is 28.5 Å². The van der Waals surface area contributed by atoms with Gasteiger partial charge in [-0.25, -0.2) is 4.79 Å². The molecule has 0 aromatic heterocycles. The number of rotatable bonds is 9. The van der Waals surface area contributed by atoms with Crippen LogP contribution in [-0.4, -0.2) is 64.2 Å². The van der Waals surface area contributed by atoms with Crippen LogP contribution in [0.5, 0.6) is 23.0 Å². The van der Waals surface area contributed by atoms with Crippen LogP contribution in [-0.2, 0) is 11.3 Å². The Morgan fingerprint density at radius 2 is 1.46 bits per heavy atom. The molecule has 0 radical (unpaired) electrons. The molecule has 0 aliphatic carbocycles. The minimum atomic E-state index is -0.508. The molecule has 0 saturated carbocycles. The molecule has 1 aliphatic heterocycles. The number of amides is 1. The van der Waals surface area contributed by atoms with Crippen LogP contribution in [0.25, 0.3) is 11.1 Å². The van der Waals surface area contributed by atoms with E-state index in [1.54, 1.807) is 28.4 Å². The lowest BCUT2D eigenvalue weighted by molar-refractivity contribution is 0.0204. The Morgan fingerprint density at radius 3 is 2.00 bits per heavy atom. The van der Waals surface area contributed by atoms with Crippen molar-refractivity contribution in [3.05, 3.63) is 66.2 Å². The minimum absolute atomic E-state index is 0.245. The number of likely N-dealkylation sites (tertiary alicyclic amines) is 1. The molecule has 0 atom stereocenters. The zero-order valence-electron chi connectivity index (χ0n) is 25.2. The molecule has 3 aromatic rings. The Hall–Kier alpha value is -4.07. The van der Waals surface area contributed by atoms with E-state index in [1.807, 2.05) is 49.9 Å². The van der Waals surface area contributed by atoms with Crippen molar-refractivity contribution in [2.45, 2.75) is 51.8 Å². The van der Waals surface area contributed by atoms with Crippen LogP contribution in [0.15, 0.2) is 60.7 Å². The van der Waals surface area contributed by atoms with Crippen LogP contribution < -0.4 is 23.8 Å². The van der Waals surface area contributed by atoms with Crippen LogP contribution in [0.3, 0.4) is 0 Å². The van der Waals surface area contributed by atoms with Gasteiger partial charge >= 0.3 is 6.09 Å². The van der Waals surface area contributed by atoms with Gasteiger partial charge in [0.25, 0.3) is 0 Å². The molecule has 0 unspecified atom stereocenters. The molecule has 220 valence electrons. The summed E-state index contributed by atoms with van der Waals surface area (Å²) >= 11 is 0. The number of carbonyl (C=O) groups excluding carboxylic acids is 1. The summed E-state index contributed by atoms with van der Waals surface area (Å²) in [5, 5.41) is 0. The average Bonchev–Trinajstić information content (AvgIpc) is 2.98. The molecule has 8 nitrogen and oxygen atoms in total. The van der Waals surface area contributed by atoms with Crippen LogP contribution in [0, 0.1) is 0 Å². The standard InChI is InChI=1S/C33H42N2O6/c1-33(2,3)41-32(36)34-17-15-27(16-18-34)35(26-11-13-28(37-4)14-12-26)22-23-9-8-10-24(19-23)25-20-29(38-5)31(40-7)30(21-25)39-6/h8-14,19-21,27H,15-18,22H2,1-7H3. The van der Waals surface area contributed by atoms with Gasteiger partial charge in [-0.2, -0.15) is 0 Å². The fraction of sp³-hybridized carbons (Fsp3) is 0.424. The number of anilines is 1. The van der Waals surface area contributed by atoms with Crippen molar-refractivity contribution in [2.24, 2.45) is 0 Å². The summed E-state index contributed by atoms with van der Waals surface area (Å²) in [6, 6.07) is 20.9. The number of ether oxygens (including phenoxy) is 5. The smallest absolute Gasteiger partial charge is 0.410 e. The highest BCUT2D eigenvalue weighted by molar-refractivity contribution is 5.72. The van der Waals surface area contributed by atoms with E-state index in [0.717, 1.165) is 35.4 Å². The van der Waals surface area contributed by atoms with Gasteiger partial charge in [0.1, 0.15) is 11.4 Å². The second-order valence-corrected chi connectivity index (χ2v) is 11.1. The van der Waals surface area contributed by atoms with Crippen LogP contribution in [0.1, 0.15) is 39.2 Å². The first kappa shape index (κ1) is 29.9. The maximum atomic E-state index is 12.7. The number of carbonyl (C=O) groups is 1. The lowest BCUT2D eigenvalue weighted by atomic mass is 9.99. The predicted molar refractivity (Wildman–Crippen MR) is 162 cm³/mol. The van der Waals surface area contributed by atoms with Gasteiger partial charge in [-0.05, 0) is 92.8 Å². The molecule has 1 aliphatic rings. The highest BCUT2D eigenvalue weighted by atomic mass is 16.6. The maximum absolute atomic E-state index is 12.7. The van der Waals surface area contributed by atoms with Gasteiger partial charge in [0.15, 0.2) is 11.5 Å². The average molecular weight is 563 g/mol. The van der Waals surface area contributed by atoms with Crippen molar-refractivity contribution in [1.82, 2.24) is 4.90 Å².